The van der Waals surface area contributed by atoms with Crippen molar-refractivity contribution in [2.45, 2.75) is 18.9 Å². The maximum absolute atomic E-state index is 12.5. The summed E-state index contributed by atoms with van der Waals surface area (Å²) in [5.41, 5.74) is 1.31. The molecular weight excluding hydrogens is 405 g/mol. The summed E-state index contributed by atoms with van der Waals surface area (Å²) in [6.45, 7) is 1.27. The largest absolute Gasteiger partial charge is 0.490 e. The summed E-state index contributed by atoms with van der Waals surface area (Å²) >= 11 is 2.22. The van der Waals surface area contributed by atoms with Crippen molar-refractivity contribution < 1.29 is 14.3 Å². The van der Waals surface area contributed by atoms with Gasteiger partial charge < -0.3 is 14.8 Å². The Balaban J connectivity index is 1.69. The first-order valence-electron chi connectivity index (χ1n) is 7.63. The molecule has 0 unspecified atom stereocenters. The fraction of sp³-hybridized carbons (Fsp3) is 0.278. The third-order valence-corrected chi connectivity index (χ3v) is 4.33. The molecule has 4 nitrogen and oxygen atoms in total. The van der Waals surface area contributed by atoms with Gasteiger partial charge in [-0.15, -0.1) is 0 Å². The molecule has 0 spiro atoms. The maximum atomic E-state index is 12.5. The summed E-state index contributed by atoms with van der Waals surface area (Å²) in [7, 11) is 0. The Kier molecular flexibility index (Phi) is 5.51. The molecule has 1 N–H and O–H groups in total. The highest BCUT2D eigenvalue weighted by atomic mass is 127. The van der Waals surface area contributed by atoms with Crippen molar-refractivity contribution in [1.82, 2.24) is 0 Å². The zero-order valence-electron chi connectivity index (χ0n) is 12.6. The van der Waals surface area contributed by atoms with E-state index in [0.29, 0.717) is 17.9 Å². The van der Waals surface area contributed by atoms with Gasteiger partial charge >= 0.3 is 0 Å². The number of carbonyl (C=O) groups excluding carboxylic acids is 1. The molecule has 0 saturated carbocycles. The lowest BCUT2D eigenvalue weighted by Crippen LogP contribution is -2.19. The van der Waals surface area contributed by atoms with Crippen molar-refractivity contribution in [3.63, 3.8) is 0 Å². The third-order valence-electron chi connectivity index (χ3n) is 3.66. The molecule has 2 aromatic rings. The van der Waals surface area contributed by atoms with Crippen LogP contribution in [0.2, 0.25) is 0 Å². The monoisotopic (exact) mass is 423 g/mol. The average Bonchev–Trinajstić information content (AvgIpc) is 3.06. The van der Waals surface area contributed by atoms with Gasteiger partial charge in [0.2, 0.25) is 0 Å². The molecule has 1 aliphatic heterocycles. The van der Waals surface area contributed by atoms with Crippen molar-refractivity contribution in [1.29, 1.82) is 0 Å². The Morgan fingerprint density at radius 2 is 2.13 bits per heavy atom. The van der Waals surface area contributed by atoms with E-state index in [1.165, 1.54) is 0 Å². The standard InChI is InChI=1S/C18H18INO3/c19-13-5-3-6-14(11-13)20-18(21)16-8-1-2-9-17(16)23-12-15-7-4-10-22-15/h1-3,5-6,8-9,11,15H,4,7,10,12H2,(H,20,21)/t15-/m0/s1. The molecule has 0 aliphatic carbocycles. The van der Waals surface area contributed by atoms with Crippen LogP contribution in [0.5, 0.6) is 5.75 Å². The first kappa shape index (κ1) is 16.3. The van der Waals surface area contributed by atoms with Crippen molar-refractivity contribution in [3.8, 4) is 5.75 Å². The molecule has 0 radical (unpaired) electrons. The number of amides is 1. The van der Waals surface area contributed by atoms with Crippen LogP contribution in [0.3, 0.4) is 0 Å². The second-order valence-corrected chi connectivity index (χ2v) is 6.65. The maximum Gasteiger partial charge on any atom is 0.259 e. The van der Waals surface area contributed by atoms with E-state index in [4.69, 9.17) is 9.47 Å². The molecule has 1 atom stereocenters. The second-order valence-electron chi connectivity index (χ2n) is 5.41. The Morgan fingerprint density at radius 1 is 1.26 bits per heavy atom. The average molecular weight is 423 g/mol. The molecule has 0 aromatic heterocycles. The summed E-state index contributed by atoms with van der Waals surface area (Å²) in [4.78, 5) is 12.5. The number of ether oxygens (including phenoxy) is 2. The first-order valence-corrected chi connectivity index (χ1v) is 8.70. The molecule has 1 fully saturated rings. The highest BCUT2D eigenvalue weighted by Crippen LogP contribution is 2.22. The van der Waals surface area contributed by atoms with E-state index in [1.54, 1.807) is 6.07 Å². The molecule has 1 heterocycles. The smallest absolute Gasteiger partial charge is 0.259 e. The zero-order valence-corrected chi connectivity index (χ0v) is 14.8. The molecule has 120 valence electrons. The number of halogens is 1. The van der Waals surface area contributed by atoms with Gasteiger partial charge in [-0.25, -0.2) is 0 Å². The van der Waals surface area contributed by atoms with Gasteiger partial charge in [-0.3, -0.25) is 4.79 Å². The van der Waals surface area contributed by atoms with E-state index >= 15 is 0 Å². The Hall–Kier alpha value is -1.60. The normalized spacial score (nSPS) is 17.0. The minimum absolute atomic E-state index is 0.127. The predicted molar refractivity (Wildman–Crippen MR) is 98.0 cm³/mol. The van der Waals surface area contributed by atoms with E-state index in [9.17, 15) is 4.79 Å². The van der Waals surface area contributed by atoms with Gasteiger partial charge in [0.15, 0.2) is 0 Å². The summed E-state index contributed by atoms with van der Waals surface area (Å²) in [5, 5.41) is 2.91. The van der Waals surface area contributed by atoms with Crippen LogP contribution in [0.15, 0.2) is 48.5 Å². The van der Waals surface area contributed by atoms with Gasteiger partial charge in [-0.2, -0.15) is 0 Å². The van der Waals surface area contributed by atoms with Gasteiger partial charge in [0.25, 0.3) is 5.91 Å². The minimum Gasteiger partial charge on any atom is -0.490 e. The van der Waals surface area contributed by atoms with Crippen molar-refractivity contribution in [2.75, 3.05) is 18.5 Å². The van der Waals surface area contributed by atoms with Gasteiger partial charge in [-0.1, -0.05) is 18.2 Å². The van der Waals surface area contributed by atoms with Gasteiger partial charge in [0.05, 0.1) is 11.7 Å². The van der Waals surface area contributed by atoms with Gasteiger partial charge in [0.1, 0.15) is 12.4 Å². The number of anilines is 1. The first-order chi connectivity index (χ1) is 11.2. The van der Waals surface area contributed by atoms with E-state index in [-0.39, 0.29) is 12.0 Å². The van der Waals surface area contributed by atoms with Crippen LogP contribution in [0.4, 0.5) is 5.69 Å². The number of nitrogens with one attached hydrogen (secondary N) is 1. The highest BCUT2D eigenvalue weighted by Gasteiger charge is 2.18. The number of hydrogen-bond acceptors (Lipinski definition) is 3. The molecule has 1 saturated heterocycles. The fourth-order valence-electron chi connectivity index (χ4n) is 2.50. The van der Waals surface area contributed by atoms with Crippen molar-refractivity contribution >= 4 is 34.2 Å². The van der Waals surface area contributed by atoms with Crippen LogP contribution in [0.1, 0.15) is 23.2 Å². The number of hydrogen-bond donors (Lipinski definition) is 1. The molecular formula is C18H18INO3. The summed E-state index contributed by atoms with van der Waals surface area (Å²) in [5.74, 6) is 0.418. The molecule has 2 aromatic carbocycles. The lowest BCUT2D eigenvalue weighted by atomic mass is 10.1. The van der Waals surface area contributed by atoms with Crippen LogP contribution in [0, 0.1) is 3.57 Å². The van der Waals surface area contributed by atoms with Crippen LogP contribution >= 0.6 is 22.6 Å². The minimum atomic E-state index is -0.171. The Bertz CT molecular complexity index is 683. The fourth-order valence-corrected chi connectivity index (χ4v) is 3.05. The van der Waals surface area contributed by atoms with Crippen molar-refractivity contribution in [3.05, 3.63) is 57.7 Å². The zero-order chi connectivity index (χ0) is 16.1. The lowest BCUT2D eigenvalue weighted by molar-refractivity contribution is 0.0673. The molecule has 5 heteroatoms. The predicted octanol–water partition coefficient (Wildman–Crippen LogP) is 4.10. The van der Waals surface area contributed by atoms with E-state index in [1.807, 2.05) is 42.5 Å². The Morgan fingerprint density at radius 3 is 2.91 bits per heavy atom. The summed E-state index contributed by atoms with van der Waals surface area (Å²) in [6, 6.07) is 15.0. The Labute approximate surface area is 149 Å². The quantitative estimate of drug-likeness (QED) is 0.737. The molecule has 1 aliphatic rings. The van der Waals surface area contributed by atoms with E-state index in [0.717, 1.165) is 28.7 Å². The third kappa shape index (κ3) is 4.45. The molecule has 3 rings (SSSR count). The number of carbonyl (C=O) groups is 1. The van der Waals surface area contributed by atoms with Crippen LogP contribution in [-0.4, -0.2) is 25.2 Å². The van der Waals surface area contributed by atoms with Crippen LogP contribution in [-0.2, 0) is 4.74 Å². The van der Waals surface area contributed by atoms with E-state index < -0.39 is 0 Å². The van der Waals surface area contributed by atoms with Gasteiger partial charge in [0, 0.05) is 15.9 Å². The molecule has 0 bridgehead atoms. The number of benzene rings is 2. The summed E-state index contributed by atoms with van der Waals surface area (Å²) in [6.07, 6.45) is 2.21. The number of rotatable bonds is 5. The molecule has 1 amide bonds. The SMILES string of the molecule is O=C(Nc1cccc(I)c1)c1ccccc1OC[C@@H]1CCCO1. The number of para-hydroxylation sites is 1. The summed E-state index contributed by atoms with van der Waals surface area (Å²) < 4.78 is 12.4. The van der Waals surface area contributed by atoms with Gasteiger partial charge in [-0.05, 0) is 65.8 Å². The second kappa shape index (κ2) is 7.79. The van der Waals surface area contributed by atoms with E-state index in [2.05, 4.69) is 27.9 Å². The topological polar surface area (TPSA) is 47.6 Å². The van der Waals surface area contributed by atoms with Crippen LogP contribution in [0.25, 0.3) is 0 Å². The molecule has 23 heavy (non-hydrogen) atoms. The van der Waals surface area contributed by atoms with Crippen LogP contribution < -0.4 is 10.1 Å². The highest BCUT2D eigenvalue weighted by molar-refractivity contribution is 14.1. The van der Waals surface area contributed by atoms with Crippen molar-refractivity contribution in [2.24, 2.45) is 0 Å². The lowest BCUT2D eigenvalue weighted by Gasteiger charge is -2.14.